The molecule has 1 aliphatic rings. The van der Waals surface area contributed by atoms with Gasteiger partial charge in [0.05, 0.1) is 11.0 Å². The van der Waals surface area contributed by atoms with Crippen LogP contribution in [0.25, 0.3) is 0 Å². The quantitative estimate of drug-likeness (QED) is 0.246. The first-order valence-electron chi connectivity index (χ1n) is 8.57. The van der Waals surface area contributed by atoms with Crippen molar-refractivity contribution in [3.05, 3.63) is 39.9 Å². The van der Waals surface area contributed by atoms with Crippen molar-refractivity contribution in [2.24, 2.45) is 4.99 Å². The van der Waals surface area contributed by atoms with Crippen LogP contribution in [-0.4, -0.2) is 47.0 Å². The fourth-order valence-electron chi connectivity index (χ4n) is 3.06. The molecule has 0 saturated carbocycles. The molecule has 2 rings (SSSR count). The van der Waals surface area contributed by atoms with Gasteiger partial charge in [-0.15, -0.1) is 11.8 Å². The number of carbonyl (C=O) groups is 1. The number of nitro benzene ring substituents is 1. The molecule has 1 aromatic rings. The first-order valence-corrected chi connectivity index (χ1v) is 12.7. The average molecular weight is 394 g/mol. The maximum atomic E-state index is 13.1. The molecule has 6 nitrogen and oxygen atoms in total. The lowest BCUT2D eigenvalue weighted by Gasteiger charge is -2.60. The van der Waals surface area contributed by atoms with Crippen LogP contribution in [0.4, 0.5) is 5.69 Å². The summed E-state index contributed by atoms with van der Waals surface area (Å²) < 4.78 is 2.07. The molecule has 0 radical (unpaired) electrons. The van der Waals surface area contributed by atoms with E-state index in [9.17, 15) is 14.9 Å². The number of amides is 1. The van der Waals surface area contributed by atoms with Gasteiger partial charge in [0.1, 0.15) is 0 Å². The summed E-state index contributed by atoms with van der Waals surface area (Å²) in [4.78, 5) is 27.3. The minimum Gasteiger partial charge on any atom is -0.360 e. The van der Waals surface area contributed by atoms with E-state index in [1.807, 2.05) is 6.26 Å². The first kappa shape index (κ1) is 20.6. The SMILES string of the molecule is CSC1(N=Cc2ccc([N+](=O)[O-])cc2)C(=O)N([Si](C)(C)C(C)(C)C)C1C. The third-order valence-electron chi connectivity index (χ3n) is 5.74. The highest BCUT2D eigenvalue weighted by molar-refractivity contribution is 8.00. The Hall–Kier alpha value is -1.67. The molecular formula is C18H27N3O3SSi. The van der Waals surface area contributed by atoms with E-state index < -0.39 is 18.0 Å². The van der Waals surface area contributed by atoms with Crippen LogP contribution in [0.15, 0.2) is 29.3 Å². The number of β-lactam (4-membered cyclic amide) rings is 1. The lowest BCUT2D eigenvalue weighted by atomic mass is 10.0. The summed E-state index contributed by atoms with van der Waals surface area (Å²) in [6, 6.07) is 6.20. The van der Waals surface area contributed by atoms with Crippen molar-refractivity contribution < 1.29 is 9.72 Å². The monoisotopic (exact) mass is 393 g/mol. The highest BCUT2D eigenvalue weighted by atomic mass is 32.2. The molecule has 0 aliphatic carbocycles. The number of non-ortho nitro benzene ring substituents is 1. The van der Waals surface area contributed by atoms with E-state index in [2.05, 4.69) is 50.3 Å². The predicted octanol–water partition coefficient (Wildman–Crippen LogP) is 4.31. The van der Waals surface area contributed by atoms with Crippen LogP contribution in [0.2, 0.25) is 18.1 Å². The Morgan fingerprint density at radius 1 is 1.31 bits per heavy atom. The van der Waals surface area contributed by atoms with Gasteiger partial charge in [0.2, 0.25) is 4.87 Å². The molecule has 2 atom stereocenters. The van der Waals surface area contributed by atoms with E-state index >= 15 is 0 Å². The van der Waals surface area contributed by atoms with E-state index in [1.165, 1.54) is 23.9 Å². The van der Waals surface area contributed by atoms with Gasteiger partial charge in [-0.1, -0.05) is 33.9 Å². The van der Waals surface area contributed by atoms with E-state index in [4.69, 9.17) is 0 Å². The highest BCUT2D eigenvalue weighted by Gasteiger charge is 2.64. The summed E-state index contributed by atoms with van der Waals surface area (Å²) >= 11 is 1.46. The molecular weight excluding hydrogens is 366 g/mol. The Balaban J connectivity index is 2.27. The Morgan fingerprint density at radius 2 is 1.85 bits per heavy atom. The molecule has 0 spiro atoms. The third-order valence-corrected chi connectivity index (χ3v) is 12.4. The molecule has 26 heavy (non-hydrogen) atoms. The number of nitrogens with zero attached hydrogens (tertiary/aromatic N) is 3. The fourth-order valence-corrected chi connectivity index (χ4v) is 6.67. The first-order chi connectivity index (χ1) is 11.9. The Kier molecular flexibility index (Phi) is 5.40. The van der Waals surface area contributed by atoms with E-state index in [0.717, 1.165) is 5.56 Å². The smallest absolute Gasteiger partial charge is 0.269 e. The minimum atomic E-state index is -1.96. The van der Waals surface area contributed by atoms with Crippen molar-refractivity contribution in [2.45, 2.75) is 56.7 Å². The topological polar surface area (TPSA) is 75.8 Å². The van der Waals surface area contributed by atoms with Gasteiger partial charge in [0, 0.05) is 18.3 Å². The van der Waals surface area contributed by atoms with Crippen LogP contribution < -0.4 is 0 Å². The fraction of sp³-hybridized carbons (Fsp3) is 0.556. The van der Waals surface area contributed by atoms with Crippen LogP contribution in [0.1, 0.15) is 33.3 Å². The van der Waals surface area contributed by atoms with Gasteiger partial charge >= 0.3 is 0 Å². The summed E-state index contributed by atoms with van der Waals surface area (Å²) in [7, 11) is -1.96. The second-order valence-electron chi connectivity index (χ2n) is 8.17. The van der Waals surface area contributed by atoms with Crippen LogP contribution in [0.3, 0.4) is 0 Å². The molecule has 0 bridgehead atoms. The highest BCUT2D eigenvalue weighted by Crippen LogP contribution is 2.50. The van der Waals surface area contributed by atoms with Crippen molar-refractivity contribution in [1.29, 1.82) is 0 Å². The van der Waals surface area contributed by atoms with Gasteiger partial charge in [-0.2, -0.15) is 0 Å². The second-order valence-corrected chi connectivity index (χ2v) is 14.3. The summed E-state index contributed by atoms with van der Waals surface area (Å²) in [5, 5.41) is 10.8. The zero-order valence-corrected chi connectivity index (χ0v) is 18.3. The van der Waals surface area contributed by atoms with Gasteiger partial charge in [0.15, 0.2) is 8.24 Å². The predicted molar refractivity (Wildman–Crippen MR) is 110 cm³/mol. The van der Waals surface area contributed by atoms with Gasteiger partial charge < -0.3 is 4.57 Å². The number of carbonyl (C=O) groups excluding carboxylic acids is 1. The molecule has 0 N–H and O–H groups in total. The summed E-state index contributed by atoms with van der Waals surface area (Å²) in [5.74, 6) is 0.0715. The van der Waals surface area contributed by atoms with E-state index in [-0.39, 0.29) is 22.7 Å². The van der Waals surface area contributed by atoms with Gasteiger partial charge in [-0.3, -0.25) is 19.9 Å². The van der Waals surface area contributed by atoms with Crippen molar-refractivity contribution >= 4 is 37.8 Å². The molecule has 8 heteroatoms. The number of benzene rings is 1. The van der Waals surface area contributed by atoms with Crippen molar-refractivity contribution in [1.82, 2.24) is 4.57 Å². The van der Waals surface area contributed by atoms with E-state index in [1.54, 1.807) is 18.3 Å². The summed E-state index contributed by atoms with van der Waals surface area (Å²) in [6.45, 7) is 13.1. The Bertz CT molecular complexity index is 743. The van der Waals surface area contributed by atoms with Crippen molar-refractivity contribution in [2.75, 3.05) is 6.26 Å². The number of nitro groups is 1. The second kappa shape index (κ2) is 6.81. The molecule has 142 valence electrons. The van der Waals surface area contributed by atoms with Gasteiger partial charge in [-0.25, -0.2) is 0 Å². The van der Waals surface area contributed by atoms with Crippen LogP contribution in [-0.2, 0) is 4.79 Å². The van der Waals surface area contributed by atoms with Crippen molar-refractivity contribution in [3.63, 3.8) is 0 Å². The molecule has 1 aromatic carbocycles. The lowest BCUT2D eigenvalue weighted by molar-refractivity contribution is -0.384. The van der Waals surface area contributed by atoms with Crippen LogP contribution in [0, 0.1) is 10.1 Å². The standard InChI is InChI=1S/C18H27N3O3SSi/c1-13-18(25-5,16(22)20(13)26(6,7)17(2,3)4)19-12-14-8-10-15(11-9-14)21(23)24/h8-13H,1-7H3. The molecule has 1 amide bonds. The zero-order valence-electron chi connectivity index (χ0n) is 16.4. The maximum Gasteiger partial charge on any atom is 0.269 e. The van der Waals surface area contributed by atoms with Gasteiger partial charge in [0.25, 0.3) is 11.6 Å². The Morgan fingerprint density at radius 3 is 2.23 bits per heavy atom. The minimum absolute atomic E-state index is 0.0141. The maximum absolute atomic E-state index is 13.1. The number of thioether (sulfide) groups is 1. The van der Waals surface area contributed by atoms with E-state index in [0.29, 0.717) is 0 Å². The zero-order chi connectivity index (χ0) is 19.9. The number of rotatable bonds is 5. The molecule has 1 aliphatic heterocycles. The largest absolute Gasteiger partial charge is 0.360 e. The number of hydrogen-bond acceptors (Lipinski definition) is 5. The van der Waals surface area contributed by atoms with Gasteiger partial charge in [-0.05, 0) is 35.9 Å². The number of hydrogen-bond donors (Lipinski definition) is 0. The normalized spacial score (nSPS) is 24.0. The summed E-state index contributed by atoms with van der Waals surface area (Å²) in [6.07, 6.45) is 3.56. The number of aliphatic imine (C=N–C) groups is 1. The molecule has 1 heterocycles. The lowest BCUT2D eigenvalue weighted by Crippen LogP contribution is -2.78. The molecule has 1 fully saturated rings. The average Bonchev–Trinajstić information content (AvgIpc) is 2.55. The molecule has 0 aromatic heterocycles. The summed E-state index contributed by atoms with van der Waals surface area (Å²) in [5.41, 5.74) is 0.786. The molecule has 1 saturated heterocycles. The van der Waals surface area contributed by atoms with Crippen LogP contribution in [0.5, 0.6) is 0 Å². The third kappa shape index (κ3) is 3.20. The van der Waals surface area contributed by atoms with Crippen LogP contribution >= 0.6 is 11.8 Å². The van der Waals surface area contributed by atoms with Crippen molar-refractivity contribution in [3.8, 4) is 0 Å². The Labute approximate surface area is 160 Å². The molecule has 2 unspecified atom stereocenters.